The number of rotatable bonds is 3. The molecular weight excluding hydrogens is 390 g/mol. The molecule has 0 saturated heterocycles. The number of hydrogen-bond acceptors (Lipinski definition) is 4. The summed E-state index contributed by atoms with van der Waals surface area (Å²) in [5, 5.41) is 3.65. The summed E-state index contributed by atoms with van der Waals surface area (Å²) in [7, 11) is 1.93. The van der Waals surface area contributed by atoms with Crippen molar-refractivity contribution in [1.82, 2.24) is 9.55 Å². The van der Waals surface area contributed by atoms with Crippen LogP contribution < -0.4 is 10.1 Å². The molecule has 1 aliphatic heterocycles. The molecule has 2 aromatic heterocycles. The van der Waals surface area contributed by atoms with E-state index >= 15 is 0 Å². The fraction of sp³-hybridized carbons (Fsp3) is 0.0800. The molecule has 0 atom stereocenters. The Morgan fingerprint density at radius 1 is 1.10 bits per heavy atom. The van der Waals surface area contributed by atoms with E-state index in [2.05, 4.69) is 22.4 Å². The Morgan fingerprint density at radius 2 is 1.90 bits per heavy atom. The molecular formula is C25H19N3O3. The number of ether oxygens (including phenoxy) is 1. The van der Waals surface area contributed by atoms with Gasteiger partial charge in [0.2, 0.25) is 11.7 Å². The van der Waals surface area contributed by atoms with Crippen molar-refractivity contribution < 1.29 is 14.3 Å². The van der Waals surface area contributed by atoms with Crippen LogP contribution in [0.2, 0.25) is 0 Å². The highest BCUT2D eigenvalue weighted by molar-refractivity contribution is 6.16. The highest BCUT2D eigenvalue weighted by Gasteiger charge is 2.28. The van der Waals surface area contributed by atoms with Gasteiger partial charge in [0.05, 0.1) is 5.56 Å². The van der Waals surface area contributed by atoms with E-state index in [1.165, 1.54) is 6.92 Å². The van der Waals surface area contributed by atoms with Crippen LogP contribution in [0.5, 0.6) is 5.75 Å². The van der Waals surface area contributed by atoms with Crippen LogP contribution in [0.3, 0.4) is 0 Å². The lowest BCUT2D eigenvalue weighted by molar-refractivity contribution is -0.114. The van der Waals surface area contributed by atoms with Crippen LogP contribution in [0.15, 0.2) is 72.8 Å². The normalized spacial score (nSPS) is 14.0. The maximum Gasteiger partial charge on any atom is 0.232 e. The number of nitrogens with one attached hydrogen (secondary N) is 1. The molecule has 1 amide bonds. The largest absolute Gasteiger partial charge is 0.452 e. The van der Waals surface area contributed by atoms with Crippen molar-refractivity contribution in [3.8, 4) is 16.9 Å². The van der Waals surface area contributed by atoms with E-state index in [-0.39, 0.29) is 17.4 Å². The fourth-order valence-electron chi connectivity index (χ4n) is 3.92. The molecule has 6 nitrogen and oxygen atoms in total. The maximum absolute atomic E-state index is 13.0. The van der Waals surface area contributed by atoms with Crippen molar-refractivity contribution in [2.75, 3.05) is 5.32 Å². The SMILES string of the molecule is CC(=O)Nc1ccc2c(c1)C(=O)C(=Cc1cn(C)c3nccc(-c4ccccc4)c13)O2. The van der Waals surface area contributed by atoms with Gasteiger partial charge in [-0.05, 0) is 41.5 Å². The highest BCUT2D eigenvalue weighted by Crippen LogP contribution is 2.36. The van der Waals surface area contributed by atoms with E-state index in [1.807, 2.05) is 42.1 Å². The first-order valence-electron chi connectivity index (χ1n) is 9.86. The first-order chi connectivity index (χ1) is 15.0. The molecule has 152 valence electrons. The Hall–Kier alpha value is -4.19. The predicted octanol–water partition coefficient (Wildman–Crippen LogP) is 4.81. The van der Waals surface area contributed by atoms with Crippen LogP contribution in [0.25, 0.3) is 28.2 Å². The van der Waals surface area contributed by atoms with Gasteiger partial charge >= 0.3 is 0 Å². The topological polar surface area (TPSA) is 73.2 Å². The summed E-state index contributed by atoms with van der Waals surface area (Å²) < 4.78 is 7.80. The average molecular weight is 409 g/mol. The van der Waals surface area contributed by atoms with Crippen LogP contribution in [-0.4, -0.2) is 21.2 Å². The number of carbonyl (C=O) groups is 2. The number of benzene rings is 2. The van der Waals surface area contributed by atoms with E-state index < -0.39 is 0 Å². The van der Waals surface area contributed by atoms with Crippen molar-refractivity contribution in [2.45, 2.75) is 6.92 Å². The number of ketones is 1. The lowest BCUT2D eigenvalue weighted by Crippen LogP contribution is -2.06. The Labute approximate surface area is 178 Å². The Balaban J connectivity index is 1.61. The van der Waals surface area contributed by atoms with E-state index in [0.29, 0.717) is 17.0 Å². The first kappa shape index (κ1) is 18.8. The van der Waals surface area contributed by atoms with Gasteiger partial charge in [0.1, 0.15) is 11.4 Å². The van der Waals surface area contributed by atoms with Crippen LogP contribution in [0, 0.1) is 0 Å². The molecule has 0 aliphatic carbocycles. The number of carbonyl (C=O) groups excluding carboxylic acids is 2. The Morgan fingerprint density at radius 3 is 2.68 bits per heavy atom. The lowest BCUT2D eigenvalue weighted by Gasteiger charge is -2.05. The summed E-state index contributed by atoms with van der Waals surface area (Å²) in [4.78, 5) is 28.9. The molecule has 5 rings (SSSR count). The zero-order chi connectivity index (χ0) is 21.5. The molecule has 4 aromatic rings. The summed E-state index contributed by atoms with van der Waals surface area (Å²) in [5.74, 6) is 0.306. The molecule has 1 N–H and O–H groups in total. The van der Waals surface area contributed by atoms with Gasteiger partial charge in [-0.1, -0.05) is 30.3 Å². The van der Waals surface area contributed by atoms with E-state index in [0.717, 1.165) is 27.7 Å². The third-order valence-electron chi connectivity index (χ3n) is 5.25. The molecule has 3 heterocycles. The number of pyridine rings is 1. The summed E-state index contributed by atoms with van der Waals surface area (Å²) in [6.45, 7) is 1.43. The number of anilines is 1. The number of nitrogens with zero attached hydrogens (tertiary/aromatic N) is 2. The molecule has 0 fully saturated rings. The third-order valence-corrected chi connectivity index (χ3v) is 5.25. The zero-order valence-electron chi connectivity index (χ0n) is 17.0. The van der Waals surface area contributed by atoms with Gasteiger partial charge in [-0.15, -0.1) is 0 Å². The quantitative estimate of drug-likeness (QED) is 0.493. The standard InChI is InChI=1S/C25H19N3O3/c1-15(29)27-18-8-9-21-20(13-18)24(30)22(31-21)12-17-14-28(2)25-23(17)19(10-11-26-25)16-6-4-3-5-7-16/h3-14H,1-2H3,(H,27,29). The fourth-order valence-corrected chi connectivity index (χ4v) is 3.92. The Bertz CT molecular complexity index is 1380. The van der Waals surface area contributed by atoms with Gasteiger partial charge in [0.25, 0.3) is 0 Å². The Kier molecular flexibility index (Phi) is 4.40. The summed E-state index contributed by atoms with van der Waals surface area (Å²) >= 11 is 0. The number of Topliss-reactive ketones (excluding diaryl/α,β-unsaturated/α-hetero) is 1. The molecule has 0 unspecified atom stereocenters. The molecule has 2 aromatic carbocycles. The van der Waals surface area contributed by atoms with Gasteiger partial charge in [-0.25, -0.2) is 4.98 Å². The van der Waals surface area contributed by atoms with Crippen molar-refractivity contribution in [2.24, 2.45) is 7.05 Å². The second-order valence-corrected chi connectivity index (χ2v) is 7.45. The summed E-state index contributed by atoms with van der Waals surface area (Å²) in [6, 6.07) is 17.1. The molecule has 1 aliphatic rings. The number of fused-ring (bicyclic) bond motifs is 2. The van der Waals surface area contributed by atoms with Crippen molar-refractivity contribution >= 4 is 34.5 Å². The second kappa shape index (κ2) is 7.25. The second-order valence-electron chi connectivity index (χ2n) is 7.45. The van der Waals surface area contributed by atoms with Crippen LogP contribution in [0.1, 0.15) is 22.8 Å². The monoisotopic (exact) mass is 409 g/mol. The lowest BCUT2D eigenvalue weighted by atomic mass is 10.0. The minimum Gasteiger partial charge on any atom is -0.452 e. The van der Waals surface area contributed by atoms with Crippen LogP contribution >= 0.6 is 0 Å². The smallest absolute Gasteiger partial charge is 0.232 e. The average Bonchev–Trinajstić information content (AvgIpc) is 3.25. The number of allylic oxidation sites excluding steroid dienone is 1. The van der Waals surface area contributed by atoms with Gasteiger partial charge in [-0.3, -0.25) is 9.59 Å². The number of aryl methyl sites for hydroxylation is 1. The van der Waals surface area contributed by atoms with Gasteiger partial charge < -0.3 is 14.6 Å². The van der Waals surface area contributed by atoms with Crippen molar-refractivity contribution in [3.05, 3.63) is 83.9 Å². The van der Waals surface area contributed by atoms with E-state index in [9.17, 15) is 9.59 Å². The number of hydrogen-bond donors (Lipinski definition) is 1. The van der Waals surface area contributed by atoms with Gasteiger partial charge in [0.15, 0.2) is 5.76 Å². The highest BCUT2D eigenvalue weighted by atomic mass is 16.5. The summed E-state index contributed by atoms with van der Waals surface area (Å²) in [6.07, 6.45) is 5.49. The van der Waals surface area contributed by atoms with Crippen molar-refractivity contribution in [3.63, 3.8) is 0 Å². The van der Waals surface area contributed by atoms with E-state index in [4.69, 9.17) is 4.74 Å². The predicted molar refractivity (Wildman–Crippen MR) is 120 cm³/mol. The molecule has 0 radical (unpaired) electrons. The minimum atomic E-state index is -0.218. The minimum absolute atomic E-state index is 0.196. The van der Waals surface area contributed by atoms with Crippen LogP contribution in [-0.2, 0) is 11.8 Å². The summed E-state index contributed by atoms with van der Waals surface area (Å²) in [5.41, 5.74) is 4.77. The molecule has 0 spiro atoms. The van der Waals surface area contributed by atoms with Gasteiger partial charge in [0, 0.05) is 43.0 Å². The van der Waals surface area contributed by atoms with E-state index in [1.54, 1.807) is 30.5 Å². The molecule has 0 bridgehead atoms. The van der Waals surface area contributed by atoms with Crippen molar-refractivity contribution in [1.29, 1.82) is 0 Å². The third kappa shape index (κ3) is 3.28. The first-order valence-corrected chi connectivity index (χ1v) is 9.86. The van der Waals surface area contributed by atoms with Gasteiger partial charge in [-0.2, -0.15) is 0 Å². The molecule has 31 heavy (non-hydrogen) atoms. The van der Waals surface area contributed by atoms with Crippen LogP contribution in [0.4, 0.5) is 5.69 Å². The number of amides is 1. The molecule has 6 heteroatoms. The molecule has 0 saturated carbocycles. The zero-order valence-corrected chi connectivity index (χ0v) is 17.0. The number of aromatic nitrogens is 2. The maximum atomic E-state index is 13.0.